The van der Waals surface area contributed by atoms with Gasteiger partial charge in [-0.3, -0.25) is 10.1 Å². The molecule has 1 atom stereocenters. The van der Waals surface area contributed by atoms with Gasteiger partial charge in [0.1, 0.15) is 0 Å². The van der Waals surface area contributed by atoms with Crippen LogP contribution in [0, 0.1) is 10.1 Å². The monoisotopic (exact) mass is 380 g/mol. The minimum Gasteiger partial charge on any atom is -0.381 e. The van der Waals surface area contributed by atoms with E-state index in [1.807, 2.05) is 24.3 Å². The van der Waals surface area contributed by atoms with E-state index in [9.17, 15) is 10.1 Å². The van der Waals surface area contributed by atoms with Crippen LogP contribution >= 0.6 is 0 Å². The molecule has 0 aliphatic carbocycles. The van der Waals surface area contributed by atoms with Crippen LogP contribution in [0.4, 0.5) is 11.4 Å². The number of benzene rings is 2. The first-order valence-electron chi connectivity index (χ1n) is 9.99. The molecule has 148 valence electrons. The van der Waals surface area contributed by atoms with Crippen molar-refractivity contribution >= 4 is 33.2 Å². The van der Waals surface area contributed by atoms with Crippen LogP contribution in [0.15, 0.2) is 42.5 Å². The van der Waals surface area contributed by atoms with Gasteiger partial charge in [0.25, 0.3) is 5.69 Å². The molecule has 28 heavy (non-hydrogen) atoms. The fourth-order valence-electron chi connectivity index (χ4n) is 3.63. The van der Waals surface area contributed by atoms with E-state index in [1.54, 1.807) is 18.2 Å². The van der Waals surface area contributed by atoms with Gasteiger partial charge in [0.2, 0.25) is 0 Å². The highest BCUT2D eigenvalue weighted by atomic mass is 16.6. The Morgan fingerprint density at radius 1 is 1.11 bits per heavy atom. The molecule has 0 spiro atoms. The molecule has 3 rings (SSSR count). The van der Waals surface area contributed by atoms with Crippen molar-refractivity contribution in [3.8, 4) is 0 Å². The van der Waals surface area contributed by atoms with E-state index in [1.165, 1.54) is 0 Å². The van der Waals surface area contributed by atoms with Gasteiger partial charge in [-0.2, -0.15) is 0 Å². The number of non-ortho nitro benzene ring substituents is 1. The molecule has 1 N–H and O–H groups in total. The minimum absolute atomic E-state index is 0.0634. The van der Waals surface area contributed by atoms with E-state index in [2.05, 4.69) is 36.0 Å². The first-order valence-corrected chi connectivity index (χ1v) is 9.99. The van der Waals surface area contributed by atoms with Gasteiger partial charge in [0, 0.05) is 28.9 Å². The van der Waals surface area contributed by atoms with Crippen LogP contribution < -0.4 is 5.32 Å². The standard InChI is InChI=1S/C22H28N4O2/c1-4-25(5-2)14-8-9-16(3)23-22-18-10-6-7-11-20(18)24-21-15-17(26(27)28)12-13-19(21)22/h6-7,10-13,15-16H,4-5,8-9,14H2,1-3H3,(H,23,24). The van der Waals surface area contributed by atoms with Crippen LogP contribution in [0.3, 0.4) is 0 Å². The second-order valence-corrected chi connectivity index (χ2v) is 7.18. The summed E-state index contributed by atoms with van der Waals surface area (Å²) < 4.78 is 0. The first-order chi connectivity index (χ1) is 13.5. The molecule has 6 nitrogen and oxygen atoms in total. The number of nitro benzene ring substituents is 1. The molecule has 0 saturated carbocycles. The third-order valence-electron chi connectivity index (χ3n) is 5.27. The predicted molar refractivity (Wildman–Crippen MR) is 116 cm³/mol. The van der Waals surface area contributed by atoms with Crippen molar-refractivity contribution in [2.24, 2.45) is 0 Å². The Morgan fingerprint density at radius 2 is 1.82 bits per heavy atom. The van der Waals surface area contributed by atoms with Crippen molar-refractivity contribution in [3.63, 3.8) is 0 Å². The summed E-state index contributed by atoms with van der Waals surface area (Å²) in [7, 11) is 0. The average Bonchev–Trinajstić information content (AvgIpc) is 2.70. The first kappa shape index (κ1) is 20.0. The van der Waals surface area contributed by atoms with Crippen LogP contribution in [-0.2, 0) is 0 Å². The lowest BCUT2D eigenvalue weighted by atomic mass is 10.1. The second-order valence-electron chi connectivity index (χ2n) is 7.18. The summed E-state index contributed by atoms with van der Waals surface area (Å²) in [6, 6.07) is 13.1. The number of pyridine rings is 1. The maximum absolute atomic E-state index is 11.2. The van der Waals surface area contributed by atoms with E-state index >= 15 is 0 Å². The van der Waals surface area contributed by atoms with Gasteiger partial charge in [-0.15, -0.1) is 0 Å². The number of nitrogens with one attached hydrogen (secondary N) is 1. The molecular formula is C22H28N4O2. The fraction of sp³-hybridized carbons (Fsp3) is 0.409. The molecule has 0 saturated heterocycles. The summed E-state index contributed by atoms with van der Waals surface area (Å²) in [5, 5.41) is 16.8. The van der Waals surface area contributed by atoms with E-state index in [0.29, 0.717) is 11.6 Å². The maximum Gasteiger partial charge on any atom is 0.271 e. The third kappa shape index (κ3) is 4.39. The molecule has 0 aliphatic heterocycles. The van der Waals surface area contributed by atoms with Gasteiger partial charge >= 0.3 is 0 Å². The molecule has 1 heterocycles. The summed E-state index contributed by atoms with van der Waals surface area (Å²) in [4.78, 5) is 17.9. The summed E-state index contributed by atoms with van der Waals surface area (Å²) in [6.45, 7) is 9.84. The van der Waals surface area contributed by atoms with Crippen LogP contribution in [0.5, 0.6) is 0 Å². The normalized spacial score (nSPS) is 12.6. The van der Waals surface area contributed by atoms with Gasteiger partial charge in [0.05, 0.1) is 21.6 Å². The van der Waals surface area contributed by atoms with Crippen molar-refractivity contribution in [2.75, 3.05) is 25.0 Å². The predicted octanol–water partition coefficient (Wildman–Crippen LogP) is 5.22. The van der Waals surface area contributed by atoms with E-state index in [-0.39, 0.29) is 10.6 Å². The summed E-state index contributed by atoms with van der Waals surface area (Å²) in [6.07, 6.45) is 2.18. The highest BCUT2D eigenvalue weighted by Gasteiger charge is 2.14. The number of rotatable bonds is 9. The lowest BCUT2D eigenvalue weighted by Crippen LogP contribution is -2.25. The number of nitro groups is 1. The van der Waals surface area contributed by atoms with Crippen molar-refractivity contribution in [1.82, 2.24) is 9.88 Å². The van der Waals surface area contributed by atoms with Crippen molar-refractivity contribution in [3.05, 3.63) is 52.6 Å². The third-order valence-corrected chi connectivity index (χ3v) is 5.27. The zero-order valence-electron chi connectivity index (χ0n) is 16.8. The van der Waals surface area contributed by atoms with E-state index in [0.717, 1.165) is 54.5 Å². The largest absolute Gasteiger partial charge is 0.381 e. The molecule has 1 aromatic heterocycles. The number of nitrogens with zero attached hydrogens (tertiary/aromatic N) is 3. The number of hydrogen-bond acceptors (Lipinski definition) is 5. The van der Waals surface area contributed by atoms with Gasteiger partial charge < -0.3 is 10.2 Å². The smallest absolute Gasteiger partial charge is 0.271 e. The maximum atomic E-state index is 11.2. The number of aromatic nitrogens is 1. The van der Waals surface area contributed by atoms with Gasteiger partial charge in [-0.1, -0.05) is 32.0 Å². The molecule has 6 heteroatoms. The van der Waals surface area contributed by atoms with Crippen molar-refractivity contribution in [2.45, 2.75) is 39.7 Å². The highest BCUT2D eigenvalue weighted by Crippen LogP contribution is 2.33. The van der Waals surface area contributed by atoms with Gasteiger partial charge in [-0.05, 0) is 51.5 Å². The molecule has 0 aliphatic rings. The molecule has 3 aromatic rings. The molecule has 0 radical (unpaired) electrons. The Labute approximate surface area is 165 Å². The minimum atomic E-state index is -0.376. The lowest BCUT2D eigenvalue weighted by molar-refractivity contribution is -0.384. The topological polar surface area (TPSA) is 71.3 Å². The number of fused-ring (bicyclic) bond motifs is 2. The Kier molecular flexibility index (Phi) is 6.41. The second kappa shape index (κ2) is 8.97. The Balaban J connectivity index is 1.90. The number of para-hydroxylation sites is 1. The molecule has 0 fully saturated rings. The number of hydrogen-bond donors (Lipinski definition) is 1. The molecule has 1 unspecified atom stereocenters. The van der Waals surface area contributed by atoms with Crippen LogP contribution in [-0.4, -0.2) is 40.5 Å². The highest BCUT2D eigenvalue weighted by molar-refractivity contribution is 6.07. The zero-order valence-corrected chi connectivity index (χ0v) is 16.8. The van der Waals surface area contributed by atoms with Gasteiger partial charge in [0.15, 0.2) is 0 Å². The molecule has 0 bridgehead atoms. The quantitative estimate of drug-likeness (QED) is 0.313. The van der Waals surface area contributed by atoms with Crippen LogP contribution in [0.25, 0.3) is 21.8 Å². The zero-order chi connectivity index (χ0) is 20.1. The summed E-state index contributed by atoms with van der Waals surface area (Å²) in [5.74, 6) is 0. The van der Waals surface area contributed by atoms with Gasteiger partial charge in [-0.25, -0.2) is 4.98 Å². The average molecular weight is 380 g/mol. The molecule has 0 amide bonds. The Hall–Kier alpha value is -2.73. The Bertz CT molecular complexity index is 969. The van der Waals surface area contributed by atoms with E-state index < -0.39 is 0 Å². The van der Waals surface area contributed by atoms with Crippen LogP contribution in [0.1, 0.15) is 33.6 Å². The van der Waals surface area contributed by atoms with Crippen molar-refractivity contribution < 1.29 is 4.92 Å². The molecule has 2 aromatic carbocycles. The summed E-state index contributed by atoms with van der Waals surface area (Å²) >= 11 is 0. The summed E-state index contributed by atoms with van der Waals surface area (Å²) in [5.41, 5.74) is 2.55. The SMILES string of the molecule is CCN(CC)CCCC(C)Nc1c2ccccc2nc2cc([N+](=O)[O-])ccc12. The lowest BCUT2D eigenvalue weighted by Gasteiger charge is -2.21. The number of anilines is 1. The Morgan fingerprint density at radius 3 is 2.54 bits per heavy atom. The van der Waals surface area contributed by atoms with Crippen molar-refractivity contribution in [1.29, 1.82) is 0 Å². The fourth-order valence-corrected chi connectivity index (χ4v) is 3.63. The molecular weight excluding hydrogens is 352 g/mol. The van der Waals surface area contributed by atoms with Crippen LogP contribution in [0.2, 0.25) is 0 Å². The van der Waals surface area contributed by atoms with E-state index in [4.69, 9.17) is 0 Å².